The number of aromatic amines is 1. The van der Waals surface area contributed by atoms with E-state index in [1.54, 1.807) is 17.3 Å². The van der Waals surface area contributed by atoms with Gasteiger partial charge in [-0.25, -0.2) is 4.98 Å². The quantitative estimate of drug-likeness (QED) is 0.411. The maximum Gasteiger partial charge on any atom is 0.218 e. The van der Waals surface area contributed by atoms with Gasteiger partial charge in [0.15, 0.2) is 5.82 Å². The molecule has 0 bridgehead atoms. The predicted molar refractivity (Wildman–Crippen MR) is 117 cm³/mol. The molecule has 1 atom stereocenters. The second kappa shape index (κ2) is 8.14. The third-order valence-electron chi connectivity index (χ3n) is 5.21. The first-order chi connectivity index (χ1) is 14.2. The van der Waals surface area contributed by atoms with E-state index in [2.05, 4.69) is 46.5 Å². The zero-order valence-corrected chi connectivity index (χ0v) is 16.5. The number of carbonyl (C=O) groups excluding carboxylic acids is 1. The van der Waals surface area contributed by atoms with Crippen LogP contribution in [0.2, 0.25) is 0 Å². The van der Waals surface area contributed by atoms with Gasteiger partial charge < -0.3 is 5.32 Å². The molecule has 0 spiro atoms. The fourth-order valence-corrected chi connectivity index (χ4v) is 3.29. The Morgan fingerprint density at radius 3 is 2.76 bits per heavy atom. The largest absolute Gasteiger partial charge is 0.338 e. The average Bonchev–Trinajstić information content (AvgIpc) is 3.23. The summed E-state index contributed by atoms with van der Waals surface area (Å²) in [6.07, 6.45) is 5.38. The lowest BCUT2D eigenvalue weighted by Crippen LogP contribution is -2.16. The highest BCUT2D eigenvalue weighted by Crippen LogP contribution is 2.32. The second-order valence-corrected chi connectivity index (χ2v) is 7.04. The van der Waals surface area contributed by atoms with Gasteiger partial charge in [-0.2, -0.15) is 5.10 Å². The van der Waals surface area contributed by atoms with Gasteiger partial charge in [0.2, 0.25) is 6.41 Å². The van der Waals surface area contributed by atoms with Crippen LogP contribution in [0.5, 0.6) is 0 Å². The van der Waals surface area contributed by atoms with Crippen molar-refractivity contribution in [1.29, 1.82) is 0 Å². The number of fused-ring (bicyclic) bond motifs is 1. The summed E-state index contributed by atoms with van der Waals surface area (Å²) in [6.45, 7) is 4.37. The van der Waals surface area contributed by atoms with Gasteiger partial charge in [0, 0.05) is 23.0 Å². The number of nitrogens with one attached hydrogen (secondary N) is 2. The summed E-state index contributed by atoms with van der Waals surface area (Å²) in [5.41, 5.74) is 4.54. The van der Waals surface area contributed by atoms with E-state index in [0.29, 0.717) is 17.4 Å². The van der Waals surface area contributed by atoms with E-state index >= 15 is 0 Å². The molecule has 1 unspecified atom stereocenters. The maximum atomic E-state index is 12.0. The van der Waals surface area contributed by atoms with Crippen molar-refractivity contribution in [2.75, 3.05) is 10.2 Å². The van der Waals surface area contributed by atoms with Crippen LogP contribution in [-0.2, 0) is 4.79 Å². The van der Waals surface area contributed by atoms with Crippen LogP contribution in [0.15, 0.2) is 67.0 Å². The number of H-pyrrole nitrogens is 1. The highest BCUT2D eigenvalue weighted by atomic mass is 16.1. The molecular formula is C23H23N5O. The normalized spacial score (nSPS) is 11.9. The first-order valence-corrected chi connectivity index (χ1v) is 9.69. The number of carbonyl (C=O) groups is 1. The zero-order chi connectivity index (χ0) is 20.2. The zero-order valence-electron chi connectivity index (χ0n) is 16.5. The summed E-state index contributed by atoms with van der Waals surface area (Å²) < 4.78 is 0. The van der Waals surface area contributed by atoms with E-state index in [1.165, 1.54) is 5.56 Å². The molecule has 146 valence electrons. The molecule has 2 heterocycles. The summed E-state index contributed by atoms with van der Waals surface area (Å²) in [7, 11) is 0. The summed E-state index contributed by atoms with van der Waals surface area (Å²) in [5.74, 6) is 1.09. The van der Waals surface area contributed by atoms with Gasteiger partial charge in [0.1, 0.15) is 0 Å². The summed E-state index contributed by atoms with van der Waals surface area (Å²) >= 11 is 0. The molecule has 4 aromatic rings. The third-order valence-corrected chi connectivity index (χ3v) is 5.21. The number of rotatable bonds is 7. The molecular weight excluding hydrogens is 362 g/mol. The predicted octanol–water partition coefficient (Wildman–Crippen LogP) is 5.51. The number of hydrogen-bond acceptors (Lipinski definition) is 4. The van der Waals surface area contributed by atoms with Crippen LogP contribution in [0, 0.1) is 0 Å². The van der Waals surface area contributed by atoms with Gasteiger partial charge in [-0.05, 0) is 60.4 Å². The molecule has 2 aromatic carbocycles. The number of aromatic nitrogens is 3. The molecule has 2 aromatic heterocycles. The van der Waals surface area contributed by atoms with Crippen LogP contribution in [0.4, 0.5) is 22.9 Å². The lowest BCUT2D eigenvalue weighted by Gasteiger charge is -2.21. The summed E-state index contributed by atoms with van der Waals surface area (Å²) in [4.78, 5) is 18.0. The number of pyridine rings is 1. The van der Waals surface area contributed by atoms with Crippen LogP contribution in [0.25, 0.3) is 10.9 Å². The van der Waals surface area contributed by atoms with Crippen molar-refractivity contribution in [2.24, 2.45) is 0 Å². The van der Waals surface area contributed by atoms with Gasteiger partial charge in [0.25, 0.3) is 0 Å². The van der Waals surface area contributed by atoms with Crippen molar-refractivity contribution in [1.82, 2.24) is 15.2 Å². The van der Waals surface area contributed by atoms with Gasteiger partial charge in [-0.3, -0.25) is 14.8 Å². The number of anilines is 4. The van der Waals surface area contributed by atoms with E-state index in [0.717, 1.165) is 35.1 Å². The Bertz CT molecular complexity index is 1120. The number of benzene rings is 2. The smallest absolute Gasteiger partial charge is 0.218 e. The van der Waals surface area contributed by atoms with E-state index < -0.39 is 0 Å². The van der Waals surface area contributed by atoms with Gasteiger partial charge in [-0.15, -0.1) is 0 Å². The van der Waals surface area contributed by atoms with E-state index in [4.69, 9.17) is 0 Å². The Kier molecular flexibility index (Phi) is 5.24. The van der Waals surface area contributed by atoms with Gasteiger partial charge in [-0.1, -0.05) is 26.0 Å². The Hall–Kier alpha value is -3.67. The van der Waals surface area contributed by atoms with Crippen molar-refractivity contribution < 1.29 is 4.79 Å². The molecule has 0 aliphatic heterocycles. The Morgan fingerprint density at radius 1 is 1.17 bits per heavy atom. The minimum Gasteiger partial charge on any atom is -0.338 e. The molecule has 0 aliphatic carbocycles. The van der Waals surface area contributed by atoms with Crippen LogP contribution < -0.4 is 10.2 Å². The maximum absolute atomic E-state index is 12.0. The van der Waals surface area contributed by atoms with Crippen LogP contribution in [-0.4, -0.2) is 21.6 Å². The minimum atomic E-state index is 0.488. The molecule has 2 N–H and O–H groups in total. The Balaban J connectivity index is 1.65. The number of nitrogens with zero attached hydrogens (tertiary/aromatic N) is 3. The van der Waals surface area contributed by atoms with Crippen molar-refractivity contribution >= 4 is 40.2 Å². The lowest BCUT2D eigenvalue weighted by molar-refractivity contribution is -0.106. The standard InChI is InChI=1S/C23H23N5O/c1-3-16(2)17-7-10-20(11-8-17)28(15-29)22-5-4-12-24-23(22)26-19-9-6-18-14-25-27-21(18)13-19/h4-16H,3H2,1-2H3,(H,24,26)(H,25,27). The van der Waals surface area contributed by atoms with Crippen molar-refractivity contribution in [2.45, 2.75) is 26.2 Å². The molecule has 0 saturated heterocycles. The Morgan fingerprint density at radius 2 is 2.00 bits per heavy atom. The molecule has 0 fully saturated rings. The summed E-state index contributed by atoms with van der Waals surface area (Å²) in [6, 6.07) is 17.7. The molecule has 0 aliphatic rings. The molecule has 29 heavy (non-hydrogen) atoms. The first-order valence-electron chi connectivity index (χ1n) is 9.69. The third kappa shape index (κ3) is 3.82. The first kappa shape index (κ1) is 18.7. The molecule has 1 amide bonds. The Labute approximate surface area is 169 Å². The second-order valence-electron chi connectivity index (χ2n) is 7.04. The van der Waals surface area contributed by atoms with Crippen molar-refractivity contribution in [3.8, 4) is 0 Å². The van der Waals surface area contributed by atoms with Crippen molar-refractivity contribution in [3.63, 3.8) is 0 Å². The van der Waals surface area contributed by atoms with E-state index in [-0.39, 0.29) is 0 Å². The summed E-state index contributed by atoms with van der Waals surface area (Å²) in [5, 5.41) is 11.4. The van der Waals surface area contributed by atoms with E-state index in [1.807, 2.05) is 42.5 Å². The number of hydrogen-bond donors (Lipinski definition) is 2. The van der Waals surface area contributed by atoms with Crippen LogP contribution >= 0.6 is 0 Å². The van der Waals surface area contributed by atoms with Crippen molar-refractivity contribution in [3.05, 3.63) is 72.6 Å². The highest BCUT2D eigenvalue weighted by molar-refractivity contribution is 5.92. The SMILES string of the molecule is CCC(C)c1ccc(N(C=O)c2cccnc2Nc2ccc3cn[nH]c3c2)cc1. The van der Waals surface area contributed by atoms with Gasteiger partial charge in [0.05, 0.1) is 17.4 Å². The van der Waals surface area contributed by atoms with Gasteiger partial charge >= 0.3 is 0 Å². The molecule has 0 saturated carbocycles. The molecule has 4 rings (SSSR count). The van der Waals surface area contributed by atoms with Crippen LogP contribution in [0.1, 0.15) is 31.7 Å². The number of amides is 1. The monoisotopic (exact) mass is 385 g/mol. The fraction of sp³-hybridized carbons (Fsp3) is 0.174. The topological polar surface area (TPSA) is 73.9 Å². The van der Waals surface area contributed by atoms with E-state index in [9.17, 15) is 4.79 Å². The van der Waals surface area contributed by atoms with Crippen LogP contribution in [0.3, 0.4) is 0 Å². The minimum absolute atomic E-state index is 0.488. The highest BCUT2D eigenvalue weighted by Gasteiger charge is 2.15. The molecule has 6 nitrogen and oxygen atoms in total. The fourth-order valence-electron chi connectivity index (χ4n) is 3.29. The molecule has 6 heteroatoms. The average molecular weight is 385 g/mol. The molecule has 0 radical (unpaired) electrons. The lowest BCUT2D eigenvalue weighted by atomic mass is 9.98.